The number of ether oxygens (including phenoxy) is 2. The van der Waals surface area contributed by atoms with Crippen LogP contribution < -0.4 is 9.47 Å². The fourth-order valence-electron chi connectivity index (χ4n) is 2.99. The van der Waals surface area contributed by atoms with Crippen LogP contribution in [0, 0.1) is 0 Å². The highest BCUT2D eigenvalue weighted by molar-refractivity contribution is 7.26. The van der Waals surface area contributed by atoms with Gasteiger partial charge in [0.2, 0.25) is 0 Å². The zero-order valence-electron chi connectivity index (χ0n) is 12.5. The Morgan fingerprint density at radius 1 is 0.696 bits per heavy atom. The van der Waals surface area contributed by atoms with E-state index in [1.54, 1.807) is 25.6 Å². The normalized spacial score (nSPS) is 11.9. The van der Waals surface area contributed by atoms with Crippen molar-refractivity contribution < 1.29 is 18.3 Å². The van der Waals surface area contributed by atoms with Crippen molar-refractivity contribution in [2.75, 3.05) is 14.2 Å². The minimum atomic E-state index is 0.528. The van der Waals surface area contributed by atoms with Gasteiger partial charge in [-0.2, -0.15) is 0 Å². The molecule has 0 spiro atoms. The number of rotatable bonds is 2. The highest BCUT2D eigenvalue weighted by atomic mass is 32.1. The van der Waals surface area contributed by atoms with Gasteiger partial charge in [-0.1, -0.05) is 0 Å². The minimum absolute atomic E-state index is 0.528. The Labute approximate surface area is 134 Å². The molecular formula is C18H12O4S. The molecular weight excluding hydrogens is 312 g/mol. The summed E-state index contributed by atoms with van der Waals surface area (Å²) in [5, 5.41) is 4.41. The molecule has 0 amide bonds. The Morgan fingerprint density at radius 3 is 1.61 bits per heavy atom. The second kappa shape index (κ2) is 4.43. The summed E-state index contributed by atoms with van der Waals surface area (Å²) in [7, 11) is 3.22. The molecule has 0 atom stereocenters. The second-order valence-corrected chi connectivity index (χ2v) is 6.50. The van der Waals surface area contributed by atoms with Crippen LogP contribution in [0.5, 0.6) is 11.9 Å². The number of hydrogen-bond donors (Lipinski definition) is 0. The van der Waals surface area contributed by atoms with E-state index in [2.05, 4.69) is 24.3 Å². The van der Waals surface area contributed by atoms with Gasteiger partial charge >= 0.3 is 0 Å². The fourth-order valence-corrected chi connectivity index (χ4v) is 4.16. The zero-order chi connectivity index (χ0) is 15.6. The molecule has 3 heterocycles. The zero-order valence-corrected chi connectivity index (χ0v) is 13.3. The van der Waals surface area contributed by atoms with Gasteiger partial charge in [0.25, 0.3) is 11.9 Å². The number of thiophene rings is 1. The van der Waals surface area contributed by atoms with Crippen molar-refractivity contribution in [3.8, 4) is 11.9 Å². The molecule has 5 rings (SSSR count). The van der Waals surface area contributed by atoms with Gasteiger partial charge in [0.05, 0.1) is 14.2 Å². The molecule has 2 aromatic carbocycles. The predicted octanol–water partition coefficient (Wildman–Crippen LogP) is 5.56. The van der Waals surface area contributed by atoms with Gasteiger partial charge < -0.3 is 18.3 Å². The van der Waals surface area contributed by atoms with Gasteiger partial charge in [0, 0.05) is 43.1 Å². The molecule has 5 heteroatoms. The van der Waals surface area contributed by atoms with Crippen LogP contribution in [-0.2, 0) is 0 Å². The van der Waals surface area contributed by atoms with Crippen molar-refractivity contribution >= 4 is 53.4 Å². The molecule has 3 aromatic heterocycles. The molecule has 0 aliphatic heterocycles. The number of methoxy groups -OCH3 is 2. The van der Waals surface area contributed by atoms with Crippen molar-refractivity contribution in [1.29, 1.82) is 0 Å². The van der Waals surface area contributed by atoms with Gasteiger partial charge in [-0.05, 0) is 24.3 Å². The van der Waals surface area contributed by atoms with Gasteiger partial charge in [-0.15, -0.1) is 11.3 Å². The summed E-state index contributed by atoms with van der Waals surface area (Å²) in [5.74, 6) is 1.06. The van der Waals surface area contributed by atoms with Crippen molar-refractivity contribution in [3.05, 3.63) is 36.4 Å². The molecule has 0 fully saturated rings. The number of hydrogen-bond acceptors (Lipinski definition) is 5. The highest BCUT2D eigenvalue weighted by Crippen LogP contribution is 2.40. The van der Waals surface area contributed by atoms with E-state index in [1.165, 1.54) is 9.40 Å². The molecule has 114 valence electrons. The lowest BCUT2D eigenvalue weighted by Crippen LogP contribution is -1.75. The molecule has 0 N–H and O–H groups in total. The number of fused-ring (bicyclic) bond motifs is 5. The van der Waals surface area contributed by atoms with Gasteiger partial charge in [0.1, 0.15) is 11.2 Å². The van der Waals surface area contributed by atoms with Crippen LogP contribution in [-0.4, -0.2) is 14.2 Å². The van der Waals surface area contributed by atoms with Gasteiger partial charge in [0.15, 0.2) is 0 Å². The summed E-state index contributed by atoms with van der Waals surface area (Å²) in [6.45, 7) is 0. The largest absolute Gasteiger partial charge is 0.468 e. The Hall–Kier alpha value is -2.66. The summed E-state index contributed by atoms with van der Waals surface area (Å²) in [6, 6.07) is 12.2. The lowest BCUT2D eigenvalue weighted by Gasteiger charge is -1.93. The van der Waals surface area contributed by atoms with E-state index in [4.69, 9.17) is 18.3 Å². The van der Waals surface area contributed by atoms with E-state index in [-0.39, 0.29) is 0 Å². The molecule has 0 saturated heterocycles. The molecule has 23 heavy (non-hydrogen) atoms. The standard InChI is InChI=1S/C18H12O4S/c1-19-17-5-9-3-15-11(7-13(9)21-17)12-8-14-10(4-16(12)23-15)6-18(20-2)22-14/h3-8H,1-2H3. The van der Waals surface area contributed by atoms with Crippen molar-refractivity contribution in [3.63, 3.8) is 0 Å². The summed E-state index contributed by atoms with van der Waals surface area (Å²) < 4.78 is 24.2. The van der Waals surface area contributed by atoms with Crippen LogP contribution >= 0.6 is 11.3 Å². The third-order valence-corrected chi connectivity index (χ3v) is 5.22. The molecule has 0 aliphatic rings. The monoisotopic (exact) mass is 324 g/mol. The SMILES string of the molecule is COc1cc2cc3sc4cc5cc(OC)oc5cc4c3cc2o1. The first kappa shape index (κ1) is 12.8. The van der Waals surface area contributed by atoms with Crippen LogP contribution in [0.2, 0.25) is 0 Å². The van der Waals surface area contributed by atoms with E-state index in [0.717, 1.165) is 32.7 Å². The van der Waals surface area contributed by atoms with Crippen molar-refractivity contribution in [2.24, 2.45) is 0 Å². The third kappa shape index (κ3) is 1.77. The summed E-state index contributed by atoms with van der Waals surface area (Å²) in [4.78, 5) is 0. The van der Waals surface area contributed by atoms with Gasteiger partial charge in [-0.3, -0.25) is 0 Å². The molecule has 0 saturated carbocycles. The lowest BCUT2D eigenvalue weighted by molar-refractivity contribution is 0.315. The fraction of sp³-hybridized carbons (Fsp3) is 0.111. The average Bonchev–Trinajstić information content (AvgIpc) is 3.23. The maximum absolute atomic E-state index is 5.69. The van der Waals surface area contributed by atoms with E-state index in [9.17, 15) is 0 Å². The number of benzene rings is 2. The Kier molecular flexibility index (Phi) is 2.47. The maximum atomic E-state index is 5.69. The van der Waals surface area contributed by atoms with Crippen molar-refractivity contribution in [2.45, 2.75) is 0 Å². The van der Waals surface area contributed by atoms with E-state index in [0.29, 0.717) is 11.9 Å². The molecule has 0 aliphatic carbocycles. The quantitative estimate of drug-likeness (QED) is 0.426. The van der Waals surface area contributed by atoms with Crippen LogP contribution in [0.1, 0.15) is 0 Å². The first-order chi connectivity index (χ1) is 11.2. The predicted molar refractivity (Wildman–Crippen MR) is 92.0 cm³/mol. The summed E-state index contributed by atoms with van der Waals surface area (Å²) >= 11 is 1.76. The molecule has 0 unspecified atom stereocenters. The van der Waals surface area contributed by atoms with E-state index >= 15 is 0 Å². The van der Waals surface area contributed by atoms with E-state index in [1.807, 2.05) is 12.1 Å². The highest BCUT2D eigenvalue weighted by Gasteiger charge is 2.13. The molecule has 0 bridgehead atoms. The average molecular weight is 324 g/mol. The number of furan rings is 2. The molecule has 0 radical (unpaired) electrons. The van der Waals surface area contributed by atoms with Crippen LogP contribution in [0.25, 0.3) is 42.1 Å². The Balaban J connectivity index is 1.86. The van der Waals surface area contributed by atoms with Gasteiger partial charge in [-0.25, -0.2) is 0 Å². The summed E-state index contributed by atoms with van der Waals surface area (Å²) in [6.07, 6.45) is 0. The minimum Gasteiger partial charge on any atom is -0.468 e. The third-order valence-electron chi connectivity index (χ3n) is 4.10. The smallest absolute Gasteiger partial charge is 0.285 e. The topological polar surface area (TPSA) is 44.7 Å². The Bertz CT molecular complexity index is 1100. The van der Waals surface area contributed by atoms with Crippen molar-refractivity contribution in [1.82, 2.24) is 0 Å². The van der Waals surface area contributed by atoms with Crippen LogP contribution in [0.3, 0.4) is 0 Å². The first-order valence-electron chi connectivity index (χ1n) is 7.16. The summed E-state index contributed by atoms with van der Waals surface area (Å²) in [5.41, 5.74) is 1.65. The van der Waals surface area contributed by atoms with Crippen LogP contribution in [0.15, 0.2) is 45.2 Å². The lowest BCUT2D eigenvalue weighted by atomic mass is 10.1. The maximum Gasteiger partial charge on any atom is 0.285 e. The second-order valence-electron chi connectivity index (χ2n) is 5.41. The molecule has 4 nitrogen and oxygen atoms in total. The first-order valence-corrected chi connectivity index (χ1v) is 7.98. The Morgan fingerprint density at radius 2 is 1.17 bits per heavy atom. The van der Waals surface area contributed by atoms with Crippen LogP contribution in [0.4, 0.5) is 0 Å². The van der Waals surface area contributed by atoms with E-state index < -0.39 is 0 Å². The molecule has 5 aromatic rings.